The highest BCUT2D eigenvalue weighted by molar-refractivity contribution is 7.90. The van der Waals surface area contributed by atoms with Gasteiger partial charge in [-0.2, -0.15) is 8.42 Å². The zero-order chi connectivity index (χ0) is 21.3. The molecule has 0 bridgehead atoms. The molecule has 164 valence electrons. The SMILES string of the molecule is O=C(NC1CCN(CC(F)F)CC1)C1CCCN(C2=NS(=O)(=O)c3ccccc32)C1. The smallest absolute Gasteiger partial charge is 0.285 e. The molecule has 1 unspecified atom stereocenters. The second-order valence-electron chi connectivity index (χ2n) is 8.15. The van der Waals surface area contributed by atoms with Crippen molar-refractivity contribution in [2.45, 2.75) is 43.0 Å². The lowest BCUT2D eigenvalue weighted by Crippen LogP contribution is -2.50. The maximum absolute atomic E-state index is 12.8. The Morgan fingerprint density at radius 3 is 2.63 bits per heavy atom. The quantitative estimate of drug-likeness (QED) is 0.771. The van der Waals surface area contributed by atoms with Gasteiger partial charge in [-0.05, 0) is 37.8 Å². The Hall–Kier alpha value is -2.07. The van der Waals surface area contributed by atoms with Crippen LogP contribution >= 0.6 is 0 Å². The summed E-state index contributed by atoms with van der Waals surface area (Å²) in [6.45, 7) is 1.96. The molecule has 3 aliphatic heterocycles. The van der Waals surface area contributed by atoms with Crippen molar-refractivity contribution in [2.75, 3.05) is 32.7 Å². The Kier molecular flexibility index (Phi) is 6.06. The van der Waals surface area contributed by atoms with Crippen LogP contribution in [0.3, 0.4) is 0 Å². The molecule has 0 spiro atoms. The third-order valence-electron chi connectivity index (χ3n) is 6.03. The summed E-state index contributed by atoms with van der Waals surface area (Å²) in [7, 11) is -3.69. The first-order valence-electron chi connectivity index (χ1n) is 10.3. The number of carbonyl (C=O) groups is 1. The van der Waals surface area contributed by atoms with Crippen LogP contribution < -0.4 is 5.32 Å². The van der Waals surface area contributed by atoms with E-state index in [0.29, 0.717) is 50.4 Å². The van der Waals surface area contributed by atoms with Crippen molar-refractivity contribution in [2.24, 2.45) is 10.3 Å². The van der Waals surface area contributed by atoms with Gasteiger partial charge in [-0.1, -0.05) is 12.1 Å². The summed E-state index contributed by atoms with van der Waals surface area (Å²) in [4.78, 5) is 16.7. The van der Waals surface area contributed by atoms with Gasteiger partial charge in [-0.3, -0.25) is 9.69 Å². The molecular weight excluding hydrogens is 414 g/mol. The van der Waals surface area contributed by atoms with Crippen LogP contribution in [0.15, 0.2) is 33.6 Å². The molecule has 0 aliphatic carbocycles. The molecule has 0 saturated carbocycles. The number of amidine groups is 1. The molecule has 1 aromatic rings. The van der Waals surface area contributed by atoms with Gasteiger partial charge in [0, 0.05) is 37.8 Å². The average Bonchev–Trinajstić information content (AvgIpc) is 3.00. The first kappa shape index (κ1) is 21.2. The first-order valence-corrected chi connectivity index (χ1v) is 11.8. The number of benzene rings is 1. The molecule has 0 radical (unpaired) electrons. The normalized spacial score (nSPS) is 24.6. The molecule has 3 aliphatic rings. The lowest BCUT2D eigenvalue weighted by Gasteiger charge is -2.36. The second-order valence-corrected chi connectivity index (χ2v) is 9.72. The lowest BCUT2D eigenvalue weighted by atomic mass is 9.95. The lowest BCUT2D eigenvalue weighted by molar-refractivity contribution is -0.127. The van der Waals surface area contributed by atoms with Gasteiger partial charge in [0.25, 0.3) is 16.4 Å². The van der Waals surface area contributed by atoms with Crippen LogP contribution in [0.25, 0.3) is 0 Å². The molecule has 2 saturated heterocycles. The summed E-state index contributed by atoms with van der Waals surface area (Å²) in [5.74, 6) is 0.112. The molecule has 10 heteroatoms. The highest BCUT2D eigenvalue weighted by Gasteiger charge is 2.35. The fourth-order valence-electron chi connectivity index (χ4n) is 4.47. The molecule has 30 heavy (non-hydrogen) atoms. The van der Waals surface area contributed by atoms with Gasteiger partial charge in [0.2, 0.25) is 5.91 Å². The fourth-order valence-corrected chi connectivity index (χ4v) is 5.70. The maximum Gasteiger partial charge on any atom is 0.285 e. The number of likely N-dealkylation sites (tertiary alicyclic amines) is 2. The number of rotatable bonds is 4. The summed E-state index contributed by atoms with van der Waals surface area (Å²) < 4.78 is 53.7. The third-order valence-corrected chi connectivity index (χ3v) is 7.36. The van der Waals surface area contributed by atoms with Crippen LogP contribution in [0.1, 0.15) is 31.2 Å². The number of nitrogens with one attached hydrogen (secondary N) is 1. The van der Waals surface area contributed by atoms with Crippen LogP contribution in [0.2, 0.25) is 0 Å². The minimum atomic E-state index is -3.69. The number of hydrogen-bond acceptors (Lipinski definition) is 5. The fraction of sp³-hybridized carbons (Fsp3) is 0.600. The topological polar surface area (TPSA) is 82.1 Å². The zero-order valence-corrected chi connectivity index (χ0v) is 17.5. The minimum Gasteiger partial charge on any atom is -0.355 e. The van der Waals surface area contributed by atoms with E-state index >= 15 is 0 Å². The van der Waals surface area contributed by atoms with Crippen molar-refractivity contribution in [3.05, 3.63) is 29.8 Å². The minimum absolute atomic E-state index is 0.00766. The van der Waals surface area contributed by atoms with Crippen molar-refractivity contribution in [3.63, 3.8) is 0 Å². The van der Waals surface area contributed by atoms with E-state index in [9.17, 15) is 22.0 Å². The molecule has 1 atom stereocenters. The van der Waals surface area contributed by atoms with Crippen LogP contribution in [0, 0.1) is 5.92 Å². The average molecular weight is 441 g/mol. The molecular formula is C20H26F2N4O3S. The van der Waals surface area contributed by atoms with Crippen LogP contribution in [-0.2, 0) is 14.8 Å². The molecule has 1 N–H and O–H groups in total. The van der Waals surface area contributed by atoms with Crippen molar-refractivity contribution in [3.8, 4) is 0 Å². The second kappa shape index (κ2) is 8.58. The number of nitrogens with zero attached hydrogens (tertiary/aromatic N) is 3. The molecule has 2 fully saturated rings. The largest absolute Gasteiger partial charge is 0.355 e. The Morgan fingerprint density at radius 1 is 1.17 bits per heavy atom. The number of piperidine rings is 2. The van der Waals surface area contributed by atoms with Crippen LogP contribution in [0.5, 0.6) is 0 Å². The highest BCUT2D eigenvalue weighted by atomic mass is 32.2. The van der Waals surface area contributed by atoms with E-state index in [4.69, 9.17) is 0 Å². The van der Waals surface area contributed by atoms with Gasteiger partial charge < -0.3 is 10.2 Å². The van der Waals surface area contributed by atoms with E-state index in [1.54, 1.807) is 29.2 Å². The summed E-state index contributed by atoms with van der Waals surface area (Å²) in [5, 5.41) is 3.07. The number of alkyl halides is 2. The van der Waals surface area contributed by atoms with E-state index in [0.717, 1.165) is 12.8 Å². The summed E-state index contributed by atoms with van der Waals surface area (Å²) in [6, 6.07) is 6.75. The Labute approximate surface area is 175 Å². The standard InChI is InChI=1S/C20H26F2N4O3S/c21-18(22)13-25-10-7-15(8-11-25)23-20(27)14-4-3-9-26(12-14)19-16-5-1-2-6-17(16)30(28,29)24-19/h1-2,5-6,14-15,18H,3-4,7-13H2,(H,23,27). The molecule has 0 aromatic heterocycles. The third kappa shape index (κ3) is 4.49. The molecule has 1 aromatic carbocycles. The van der Waals surface area contributed by atoms with Gasteiger partial charge >= 0.3 is 0 Å². The van der Waals surface area contributed by atoms with Gasteiger partial charge in [0.05, 0.1) is 12.5 Å². The summed E-state index contributed by atoms with van der Waals surface area (Å²) in [6.07, 6.45) is 0.484. The predicted molar refractivity (Wildman–Crippen MR) is 108 cm³/mol. The molecule has 1 amide bonds. The summed E-state index contributed by atoms with van der Waals surface area (Å²) in [5.41, 5.74) is 0.588. The molecule has 3 heterocycles. The predicted octanol–water partition coefficient (Wildman–Crippen LogP) is 1.69. The van der Waals surface area contributed by atoms with E-state index in [-0.39, 0.29) is 29.3 Å². The van der Waals surface area contributed by atoms with Gasteiger partial charge in [-0.15, -0.1) is 4.40 Å². The number of sulfonamides is 1. The molecule has 7 nitrogen and oxygen atoms in total. The number of carbonyl (C=O) groups excluding carboxylic acids is 1. The monoisotopic (exact) mass is 440 g/mol. The number of amides is 1. The van der Waals surface area contributed by atoms with Gasteiger partial charge in [0.15, 0.2) is 5.84 Å². The van der Waals surface area contributed by atoms with E-state index in [1.165, 1.54) is 0 Å². The number of hydrogen-bond donors (Lipinski definition) is 1. The van der Waals surface area contributed by atoms with E-state index in [2.05, 4.69) is 9.71 Å². The highest BCUT2D eigenvalue weighted by Crippen LogP contribution is 2.30. The van der Waals surface area contributed by atoms with Crippen molar-refractivity contribution >= 4 is 21.8 Å². The van der Waals surface area contributed by atoms with Crippen molar-refractivity contribution < 1.29 is 22.0 Å². The maximum atomic E-state index is 12.8. The van der Waals surface area contributed by atoms with Crippen molar-refractivity contribution in [1.82, 2.24) is 15.1 Å². The molecule has 4 rings (SSSR count). The number of fused-ring (bicyclic) bond motifs is 1. The van der Waals surface area contributed by atoms with Crippen molar-refractivity contribution in [1.29, 1.82) is 0 Å². The van der Waals surface area contributed by atoms with Gasteiger partial charge in [0.1, 0.15) is 4.90 Å². The Morgan fingerprint density at radius 2 is 1.90 bits per heavy atom. The Balaban J connectivity index is 1.36. The van der Waals surface area contributed by atoms with Gasteiger partial charge in [-0.25, -0.2) is 8.78 Å². The first-order chi connectivity index (χ1) is 14.3. The van der Waals surface area contributed by atoms with E-state index < -0.39 is 16.4 Å². The summed E-state index contributed by atoms with van der Waals surface area (Å²) >= 11 is 0. The number of halogens is 2. The Bertz CT molecular complexity index is 930. The zero-order valence-electron chi connectivity index (χ0n) is 16.6. The van der Waals surface area contributed by atoms with Crippen LogP contribution in [0.4, 0.5) is 8.78 Å². The van der Waals surface area contributed by atoms with E-state index in [1.807, 2.05) is 4.90 Å². The van der Waals surface area contributed by atoms with Crippen LogP contribution in [-0.4, -0.2) is 75.2 Å².